The van der Waals surface area contributed by atoms with E-state index < -0.39 is 0 Å². The summed E-state index contributed by atoms with van der Waals surface area (Å²) in [6.07, 6.45) is 2.29. The standard InChI is InChI=1S/C24H18O4/c25-21(17-7-3-1-4-8-17)15-23(27)19-11-13-20(14-12-19)24(28)16-22(26)18-9-5-2-6-10-18/h1-16,25-26H/b21-15-,22-16?. The maximum absolute atomic E-state index is 12.3. The van der Waals surface area contributed by atoms with Gasteiger partial charge in [0.2, 0.25) is 0 Å². The highest BCUT2D eigenvalue weighted by molar-refractivity contribution is 6.10. The van der Waals surface area contributed by atoms with Gasteiger partial charge in [-0.05, 0) is 0 Å². The maximum atomic E-state index is 12.3. The van der Waals surface area contributed by atoms with E-state index in [4.69, 9.17) is 0 Å². The van der Waals surface area contributed by atoms with E-state index in [1.54, 1.807) is 48.5 Å². The lowest BCUT2D eigenvalue weighted by Crippen LogP contribution is -2.00. The average Bonchev–Trinajstić information content (AvgIpc) is 2.75. The molecule has 0 amide bonds. The van der Waals surface area contributed by atoms with Gasteiger partial charge in [-0.2, -0.15) is 0 Å². The van der Waals surface area contributed by atoms with E-state index >= 15 is 0 Å². The highest BCUT2D eigenvalue weighted by atomic mass is 16.3. The molecule has 0 radical (unpaired) electrons. The lowest BCUT2D eigenvalue weighted by Gasteiger charge is -2.02. The van der Waals surface area contributed by atoms with Crippen LogP contribution in [0.2, 0.25) is 0 Å². The number of hydrogen-bond donors (Lipinski definition) is 2. The van der Waals surface area contributed by atoms with Crippen LogP contribution in [0.5, 0.6) is 0 Å². The average molecular weight is 370 g/mol. The molecule has 138 valence electrons. The first kappa shape index (κ1) is 18.9. The first-order chi connectivity index (χ1) is 13.5. The zero-order chi connectivity index (χ0) is 19.9. The molecule has 0 aliphatic carbocycles. The summed E-state index contributed by atoms with van der Waals surface area (Å²) in [7, 11) is 0. The molecule has 4 heteroatoms. The minimum Gasteiger partial charge on any atom is -0.507 e. The Bertz CT molecular complexity index is 944. The number of ketones is 2. The lowest BCUT2D eigenvalue weighted by atomic mass is 10.0. The van der Waals surface area contributed by atoms with Crippen LogP contribution in [0.15, 0.2) is 97.1 Å². The van der Waals surface area contributed by atoms with E-state index in [9.17, 15) is 19.8 Å². The van der Waals surface area contributed by atoms with Crippen molar-refractivity contribution in [3.05, 3.63) is 119 Å². The molecule has 4 nitrogen and oxygen atoms in total. The predicted octanol–water partition coefficient (Wildman–Crippen LogP) is 5.25. The number of aliphatic hydroxyl groups excluding tert-OH is 2. The van der Waals surface area contributed by atoms with Crippen molar-refractivity contribution in [3.8, 4) is 0 Å². The monoisotopic (exact) mass is 370 g/mol. The van der Waals surface area contributed by atoms with Gasteiger partial charge in [0.05, 0.1) is 0 Å². The van der Waals surface area contributed by atoms with Crippen molar-refractivity contribution in [2.75, 3.05) is 0 Å². The van der Waals surface area contributed by atoms with Crippen LogP contribution in [-0.2, 0) is 0 Å². The third-order valence-corrected chi connectivity index (χ3v) is 4.13. The molecule has 2 N–H and O–H groups in total. The van der Waals surface area contributed by atoms with Gasteiger partial charge >= 0.3 is 0 Å². The van der Waals surface area contributed by atoms with E-state index in [0.717, 1.165) is 12.2 Å². The molecule has 0 aromatic heterocycles. The summed E-state index contributed by atoms with van der Waals surface area (Å²) in [5.41, 5.74) is 1.78. The van der Waals surface area contributed by atoms with Crippen molar-refractivity contribution in [2.24, 2.45) is 0 Å². The molecule has 0 saturated heterocycles. The van der Waals surface area contributed by atoms with E-state index in [1.165, 1.54) is 24.3 Å². The highest BCUT2D eigenvalue weighted by Crippen LogP contribution is 2.15. The number of carbonyl (C=O) groups excluding carboxylic acids is 2. The van der Waals surface area contributed by atoms with Crippen LogP contribution in [0.1, 0.15) is 31.8 Å². The summed E-state index contributed by atoms with van der Waals surface area (Å²) in [5, 5.41) is 20.1. The molecule has 0 aliphatic rings. The van der Waals surface area contributed by atoms with Gasteiger partial charge in [0.1, 0.15) is 11.5 Å². The van der Waals surface area contributed by atoms with E-state index in [0.29, 0.717) is 22.3 Å². The smallest absolute Gasteiger partial charge is 0.189 e. The topological polar surface area (TPSA) is 74.6 Å². The molecule has 0 aliphatic heterocycles. The Morgan fingerprint density at radius 3 is 1.14 bits per heavy atom. The second-order valence-corrected chi connectivity index (χ2v) is 6.10. The van der Waals surface area contributed by atoms with Crippen LogP contribution >= 0.6 is 0 Å². The Balaban J connectivity index is 1.74. The predicted molar refractivity (Wildman–Crippen MR) is 109 cm³/mol. The van der Waals surface area contributed by atoms with E-state index in [1.807, 2.05) is 12.1 Å². The van der Waals surface area contributed by atoms with Crippen LogP contribution < -0.4 is 0 Å². The molecule has 0 fully saturated rings. The molecule has 0 spiro atoms. The lowest BCUT2D eigenvalue weighted by molar-refractivity contribution is 0.103. The summed E-state index contributed by atoms with van der Waals surface area (Å²) in [4.78, 5) is 24.6. The van der Waals surface area contributed by atoms with E-state index in [-0.39, 0.29) is 23.1 Å². The Labute approximate surface area is 162 Å². The molecule has 3 aromatic carbocycles. The highest BCUT2D eigenvalue weighted by Gasteiger charge is 2.09. The van der Waals surface area contributed by atoms with Crippen molar-refractivity contribution >= 4 is 23.1 Å². The second kappa shape index (κ2) is 8.64. The van der Waals surface area contributed by atoms with Gasteiger partial charge in [-0.3, -0.25) is 9.59 Å². The number of aliphatic hydroxyl groups is 2. The third-order valence-electron chi connectivity index (χ3n) is 4.13. The summed E-state index contributed by atoms with van der Waals surface area (Å²) >= 11 is 0. The van der Waals surface area contributed by atoms with E-state index in [2.05, 4.69) is 0 Å². The maximum Gasteiger partial charge on any atom is 0.189 e. The molecule has 0 bridgehead atoms. The van der Waals surface area contributed by atoms with Gasteiger partial charge < -0.3 is 10.2 Å². The summed E-state index contributed by atoms with van der Waals surface area (Å²) < 4.78 is 0. The fraction of sp³-hybridized carbons (Fsp3) is 0. The summed E-state index contributed by atoms with van der Waals surface area (Å²) in [6.45, 7) is 0. The first-order valence-corrected chi connectivity index (χ1v) is 8.65. The molecule has 0 heterocycles. The van der Waals surface area contributed by atoms with Crippen molar-refractivity contribution in [1.82, 2.24) is 0 Å². The van der Waals surface area contributed by atoms with Gasteiger partial charge in [0.15, 0.2) is 11.6 Å². The van der Waals surface area contributed by atoms with Crippen molar-refractivity contribution in [2.45, 2.75) is 0 Å². The Hall–Kier alpha value is -3.92. The molecule has 0 saturated carbocycles. The van der Waals surface area contributed by atoms with Crippen LogP contribution in [0.3, 0.4) is 0 Å². The third kappa shape index (κ3) is 4.62. The van der Waals surface area contributed by atoms with Gasteiger partial charge in [-0.1, -0.05) is 84.9 Å². The van der Waals surface area contributed by atoms with Crippen molar-refractivity contribution in [1.29, 1.82) is 0 Å². The number of rotatable bonds is 6. The molecular formula is C24H18O4. The summed E-state index contributed by atoms with van der Waals surface area (Å²) in [6, 6.07) is 23.6. The molecule has 0 atom stereocenters. The zero-order valence-corrected chi connectivity index (χ0v) is 14.9. The van der Waals surface area contributed by atoms with Gasteiger partial charge in [0.25, 0.3) is 0 Å². The quantitative estimate of drug-likeness (QED) is 0.353. The summed E-state index contributed by atoms with van der Waals surface area (Å²) in [5.74, 6) is -0.992. The van der Waals surface area contributed by atoms with Crippen LogP contribution in [0, 0.1) is 0 Å². The van der Waals surface area contributed by atoms with Gasteiger partial charge in [0, 0.05) is 34.4 Å². The van der Waals surface area contributed by atoms with Gasteiger partial charge in [-0.15, -0.1) is 0 Å². The van der Waals surface area contributed by atoms with Gasteiger partial charge in [-0.25, -0.2) is 0 Å². The normalized spacial score (nSPS) is 11.9. The minimum absolute atomic E-state index is 0.124. The Kier molecular flexibility index (Phi) is 5.82. The first-order valence-electron chi connectivity index (χ1n) is 8.65. The zero-order valence-electron chi connectivity index (χ0n) is 14.9. The molecule has 28 heavy (non-hydrogen) atoms. The molecule has 0 unspecified atom stereocenters. The Morgan fingerprint density at radius 2 is 0.821 bits per heavy atom. The van der Waals surface area contributed by atoms with Crippen LogP contribution in [0.4, 0.5) is 0 Å². The fourth-order valence-corrected chi connectivity index (χ4v) is 2.60. The molecule has 3 rings (SSSR count). The SMILES string of the molecule is O=C(C=C(O)c1ccccc1)c1ccc(C(=O)/C=C(\O)c2ccccc2)cc1. The number of hydrogen-bond acceptors (Lipinski definition) is 4. The van der Waals surface area contributed by atoms with Crippen LogP contribution in [-0.4, -0.2) is 21.8 Å². The molecular weight excluding hydrogens is 352 g/mol. The number of allylic oxidation sites excluding steroid dienone is 2. The molecule has 3 aromatic rings. The van der Waals surface area contributed by atoms with Crippen molar-refractivity contribution in [3.63, 3.8) is 0 Å². The Morgan fingerprint density at radius 1 is 0.500 bits per heavy atom. The van der Waals surface area contributed by atoms with Crippen molar-refractivity contribution < 1.29 is 19.8 Å². The second-order valence-electron chi connectivity index (χ2n) is 6.10. The fourth-order valence-electron chi connectivity index (χ4n) is 2.60. The van der Waals surface area contributed by atoms with Crippen LogP contribution in [0.25, 0.3) is 11.5 Å². The largest absolute Gasteiger partial charge is 0.507 e. The number of carbonyl (C=O) groups is 2. The number of benzene rings is 3. The minimum atomic E-state index is -0.372.